The topological polar surface area (TPSA) is 67.8 Å². The summed E-state index contributed by atoms with van der Waals surface area (Å²) in [5.74, 6) is 0.916. The Balaban J connectivity index is 2.06. The van der Waals surface area contributed by atoms with E-state index in [1.54, 1.807) is 0 Å². The van der Waals surface area contributed by atoms with E-state index in [0.717, 1.165) is 25.7 Å². The molecule has 5 nitrogen and oxygen atoms in total. The minimum atomic E-state index is -3.04. The first kappa shape index (κ1) is 11.4. The van der Waals surface area contributed by atoms with Crippen LogP contribution in [-0.2, 0) is 9.84 Å². The lowest BCUT2D eigenvalue weighted by Crippen LogP contribution is -2.24. The highest BCUT2D eigenvalue weighted by atomic mass is 32.2. The fourth-order valence-electron chi connectivity index (χ4n) is 2.47. The predicted octanol–water partition coefficient (Wildman–Crippen LogP) is 1.92. The van der Waals surface area contributed by atoms with Gasteiger partial charge in [0.05, 0.1) is 5.75 Å². The molecule has 1 atom stereocenters. The van der Waals surface area contributed by atoms with Gasteiger partial charge in [-0.15, -0.1) is 0 Å². The summed E-state index contributed by atoms with van der Waals surface area (Å²) in [6, 6.07) is 0.369. The van der Waals surface area contributed by atoms with Gasteiger partial charge in [-0.05, 0) is 37.9 Å². The number of hydrogen-bond donors (Lipinski definition) is 1. The molecule has 2 fully saturated rings. The van der Waals surface area contributed by atoms with Gasteiger partial charge >= 0.3 is 0 Å². The van der Waals surface area contributed by atoms with Crippen LogP contribution in [0.4, 0.5) is 0 Å². The van der Waals surface area contributed by atoms with Gasteiger partial charge in [0, 0.05) is 6.04 Å². The fraction of sp³-hybridized carbons (Fsp3) is 0.800. The third-order valence-corrected chi connectivity index (χ3v) is 5.97. The summed E-state index contributed by atoms with van der Waals surface area (Å²) in [4.78, 5) is 0. The van der Waals surface area contributed by atoms with Crippen molar-refractivity contribution in [3.63, 3.8) is 0 Å². The van der Waals surface area contributed by atoms with Crippen LogP contribution in [0.15, 0.2) is 0 Å². The molecule has 1 saturated heterocycles. The molecule has 94 valence electrons. The molecule has 2 aliphatic rings. The van der Waals surface area contributed by atoms with Crippen LogP contribution in [0.5, 0.6) is 0 Å². The minimum absolute atomic E-state index is 0.280. The Morgan fingerprint density at radius 3 is 2.71 bits per heavy atom. The standard InChI is InChI=1S/C10H15N3O2S2/c14-17(15)6-2-1-3-8(17)9-11-12-10(16)13(9)7-4-5-7/h7-8H,1-6H2,(H,12,16). The average molecular weight is 273 g/mol. The van der Waals surface area contributed by atoms with Crippen molar-refractivity contribution in [1.29, 1.82) is 0 Å². The van der Waals surface area contributed by atoms with Gasteiger partial charge in [-0.25, -0.2) is 8.42 Å². The molecule has 0 radical (unpaired) electrons. The molecule has 17 heavy (non-hydrogen) atoms. The molecule has 2 heterocycles. The van der Waals surface area contributed by atoms with Crippen molar-refractivity contribution >= 4 is 22.1 Å². The Morgan fingerprint density at radius 2 is 2.06 bits per heavy atom. The summed E-state index contributed by atoms with van der Waals surface area (Å²) in [7, 11) is -3.04. The van der Waals surface area contributed by atoms with Crippen LogP contribution in [-0.4, -0.2) is 28.9 Å². The monoisotopic (exact) mass is 273 g/mol. The first-order chi connectivity index (χ1) is 8.09. The highest BCUT2D eigenvalue weighted by molar-refractivity contribution is 7.91. The maximum absolute atomic E-state index is 12.1. The Morgan fingerprint density at radius 1 is 1.29 bits per heavy atom. The largest absolute Gasteiger partial charge is 0.300 e. The number of nitrogens with zero attached hydrogens (tertiary/aromatic N) is 2. The molecule has 0 bridgehead atoms. The van der Waals surface area contributed by atoms with E-state index in [4.69, 9.17) is 12.2 Å². The molecule has 1 unspecified atom stereocenters. The van der Waals surface area contributed by atoms with Gasteiger partial charge < -0.3 is 0 Å². The van der Waals surface area contributed by atoms with Crippen LogP contribution in [0.25, 0.3) is 0 Å². The molecular formula is C10H15N3O2S2. The normalized spacial score (nSPS) is 28.1. The zero-order chi connectivity index (χ0) is 12.0. The predicted molar refractivity (Wildman–Crippen MR) is 66.1 cm³/mol. The van der Waals surface area contributed by atoms with E-state index >= 15 is 0 Å². The van der Waals surface area contributed by atoms with Gasteiger partial charge in [-0.3, -0.25) is 9.67 Å². The number of aromatic nitrogens is 3. The van der Waals surface area contributed by atoms with Crippen molar-refractivity contribution < 1.29 is 8.42 Å². The van der Waals surface area contributed by atoms with Crippen LogP contribution in [0.2, 0.25) is 0 Å². The van der Waals surface area contributed by atoms with E-state index in [0.29, 0.717) is 23.1 Å². The first-order valence-corrected chi connectivity index (χ1v) is 8.10. The van der Waals surface area contributed by atoms with Crippen LogP contribution in [0.1, 0.15) is 49.2 Å². The van der Waals surface area contributed by atoms with Crippen molar-refractivity contribution in [2.24, 2.45) is 0 Å². The lowest BCUT2D eigenvalue weighted by Gasteiger charge is -2.21. The lowest BCUT2D eigenvalue weighted by molar-refractivity contribution is 0.525. The zero-order valence-corrected chi connectivity index (χ0v) is 11.1. The molecule has 1 N–H and O–H groups in total. The van der Waals surface area contributed by atoms with E-state index in [9.17, 15) is 8.42 Å². The number of H-pyrrole nitrogens is 1. The number of hydrogen-bond acceptors (Lipinski definition) is 4. The summed E-state index contributed by atoms with van der Waals surface area (Å²) in [5.41, 5.74) is 0. The molecule has 7 heteroatoms. The molecular weight excluding hydrogens is 258 g/mol. The third kappa shape index (κ3) is 1.95. The minimum Gasteiger partial charge on any atom is -0.300 e. The number of nitrogens with one attached hydrogen (secondary N) is 1. The molecule has 1 aliphatic carbocycles. The zero-order valence-electron chi connectivity index (χ0n) is 9.42. The van der Waals surface area contributed by atoms with Crippen molar-refractivity contribution in [2.45, 2.75) is 43.4 Å². The highest BCUT2D eigenvalue weighted by Crippen LogP contribution is 2.40. The molecule has 0 spiro atoms. The van der Waals surface area contributed by atoms with Crippen LogP contribution >= 0.6 is 12.2 Å². The number of rotatable bonds is 2. The second kappa shape index (κ2) is 3.91. The molecule has 1 saturated carbocycles. The van der Waals surface area contributed by atoms with Gasteiger partial charge in [0.1, 0.15) is 11.1 Å². The molecule has 3 rings (SSSR count). The third-order valence-electron chi connectivity index (χ3n) is 3.51. The van der Waals surface area contributed by atoms with Gasteiger partial charge in [0.2, 0.25) is 0 Å². The first-order valence-electron chi connectivity index (χ1n) is 5.98. The van der Waals surface area contributed by atoms with Crippen molar-refractivity contribution in [1.82, 2.24) is 14.8 Å². The van der Waals surface area contributed by atoms with Crippen molar-refractivity contribution in [3.05, 3.63) is 10.6 Å². The number of aromatic amines is 1. The SMILES string of the molecule is O=S1(=O)CCCCC1c1n[nH]c(=S)n1C1CC1. The Labute approximate surface area is 105 Å². The number of sulfone groups is 1. The Hall–Kier alpha value is -0.690. The van der Waals surface area contributed by atoms with Gasteiger partial charge in [-0.2, -0.15) is 5.10 Å². The maximum Gasteiger partial charge on any atom is 0.195 e. The maximum atomic E-state index is 12.1. The highest BCUT2D eigenvalue weighted by Gasteiger charge is 2.37. The molecule has 0 amide bonds. The van der Waals surface area contributed by atoms with Gasteiger partial charge in [0.15, 0.2) is 14.6 Å². The Kier molecular flexibility index (Phi) is 2.62. The fourth-order valence-corrected chi connectivity index (χ4v) is 4.67. The van der Waals surface area contributed by atoms with Gasteiger partial charge in [-0.1, -0.05) is 6.42 Å². The molecule has 1 aromatic rings. The summed E-state index contributed by atoms with van der Waals surface area (Å²) in [5, 5.41) is 6.45. The summed E-state index contributed by atoms with van der Waals surface area (Å²) in [6.07, 6.45) is 4.55. The van der Waals surface area contributed by atoms with Gasteiger partial charge in [0.25, 0.3) is 0 Å². The van der Waals surface area contributed by atoms with Crippen LogP contribution in [0.3, 0.4) is 0 Å². The van der Waals surface area contributed by atoms with E-state index < -0.39 is 15.1 Å². The van der Waals surface area contributed by atoms with E-state index in [2.05, 4.69) is 10.2 Å². The summed E-state index contributed by atoms with van der Waals surface area (Å²) >= 11 is 5.18. The second-order valence-corrected chi connectivity index (χ2v) is 7.53. The van der Waals surface area contributed by atoms with E-state index in [1.165, 1.54) is 0 Å². The van der Waals surface area contributed by atoms with E-state index in [1.807, 2.05) is 4.57 Å². The summed E-state index contributed by atoms with van der Waals surface area (Å²) in [6.45, 7) is 0. The smallest absolute Gasteiger partial charge is 0.195 e. The van der Waals surface area contributed by atoms with Crippen molar-refractivity contribution in [3.8, 4) is 0 Å². The van der Waals surface area contributed by atoms with Crippen LogP contribution in [0, 0.1) is 4.77 Å². The molecule has 1 aromatic heterocycles. The molecule has 0 aromatic carbocycles. The second-order valence-electron chi connectivity index (χ2n) is 4.84. The van der Waals surface area contributed by atoms with E-state index in [-0.39, 0.29) is 5.75 Å². The average Bonchev–Trinajstić information content (AvgIpc) is 3.03. The van der Waals surface area contributed by atoms with Crippen LogP contribution < -0.4 is 0 Å². The summed E-state index contributed by atoms with van der Waals surface area (Å²) < 4.78 is 26.6. The molecule has 1 aliphatic heterocycles. The quantitative estimate of drug-likeness (QED) is 0.836. The van der Waals surface area contributed by atoms with Crippen molar-refractivity contribution in [2.75, 3.05) is 5.75 Å². The lowest BCUT2D eigenvalue weighted by atomic mass is 10.2. The Bertz CT molecular complexity index is 583.